The predicted molar refractivity (Wildman–Crippen MR) is 103 cm³/mol. The third-order valence-corrected chi connectivity index (χ3v) is 5.46. The van der Waals surface area contributed by atoms with Gasteiger partial charge in [0.1, 0.15) is 0 Å². The van der Waals surface area contributed by atoms with E-state index in [0.717, 1.165) is 25.7 Å². The minimum atomic E-state index is -3.58. The van der Waals surface area contributed by atoms with Crippen LogP contribution in [0.4, 0.5) is 0 Å². The fourth-order valence-corrected chi connectivity index (χ4v) is 3.58. The molecule has 8 nitrogen and oxygen atoms in total. The van der Waals surface area contributed by atoms with E-state index in [-0.39, 0.29) is 0 Å². The van der Waals surface area contributed by atoms with Gasteiger partial charge in [0.2, 0.25) is 0 Å². The standard InChI is InChI=1S/C16H36O5P2.2H2O.O.Ti/c1-3-5-7-9-11-13-15-19-22(17)21-23(18)20-16-14-12-10-8-6-4-2;;;;/h17-18H,3-16H2,1-2H3;2*1H2;;/q;;;;+2/p-2. The molecular weight excluding hydrogens is 430 g/mol. The normalized spacial score (nSPS) is 13.0. The molecule has 0 aromatic heterocycles. The summed E-state index contributed by atoms with van der Waals surface area (Å²) in [6, 6.07) is 0. The Balaban J connectivity index is 0. The predicted octanol–water partition coefficient (Wildman–Crippen LogP) is 4.96. The van der Waals surface area contributed by atoms with E-state index < -0.39 is 35.8 Å². The zero-order valence-corrected chi connectivity index (χ0v) is 20.1. The molecule has 2 unspecified atom stereocenters. The fourth-order valence-electron chi connectivity index (χ4n) is 2.16. The van der Waals surface area contributed by atoms with Gasteiger partial charge in [0, 0.05) is 0 Å². The molecule has 0 saturated heterocycles. The summed E-state index contributed by atoms with van der Waals surface area (Å²) in [6.07, 6.45) is 14.0. The van der Waals surface area contributed by atoms with Crippen LogP contribution in [-0.2, 0) is 35.3 Å². The maximum atomic E-state index is 9.56. The van der Waals surface area contributed by atoms with Crippen molar-refractivity contribution in [3.05, 3.63) is 0 Å². The molecule has 0 radical (unpaired) electrons. The monoisotopic (exact) mass is 468 g/mol. The number of rotatable bonds is 18. The maximum absolute atomic E-state index is 9.56. The first-order valence-corrected chi connectivity index (χ1v) is 14.1. The van der Waals surface area contributed by atoms with Crippen LogP contribution in [0.25, 0.3) is 0 Å². The quantitative estimate of drug-likeness (QED) is 0.126. The molecule has 0 aromatic rings. The molecule has 27 heavy (non-hydrogen) atoms. The molecule has 0 amide bonds. The molecule has 2 atom stereocenters. The van der Waals surface area contributed by atoms with Crippen LogP contribution >= 0.6 is 17.2 Å². The first kappa shape index (κ1) is 30.3. The van der Waals surface area contributed by atoms with Gasteiger partial charge >= 0.3 is 46.5 Å². The van der Waals surface area contributed by atoms with Crippen LogP contribution in [-0.4, -0.2) is 30.4 Å². The van der Waals surface area contributed by atoms with Crippen LogP contribution in [0, 0.1) is 0 Å². The van der Waals surface area contributed by atoms with Gasteiger partial charge in [-0.25, -0.2) is 4.31 Å². The van der Waals surface area contributed by atoms with Crippen LogP contribution in [0.5, 0.6) is 0 Å². The molecule has 0 aromatic carbocycles. The van der Waals surface area contributed by atoms with Crippen molar-refractivity contribution in [3.63, 3.8) is 0 Å². The van der Waals surface area contributed by atoms with Gasteiger partial charge in [0.15, 0.2) is 0 Å². The van der Waals surface area contributed by atoms with E-state index in [9.17, 15) is 9.79 Å². The van der Waals surface area contributed by atoms with Crippen molar-refractivity contribution in [2.75, 3.05) is 13.2 Å². The summed E-state index contributed by atoms with van der Waals surface area (Å²) in [4.78, 5) is 19.1. The van der Waals surface area contributed by atoms with Crippen LogP contribution in [0.3, 0.4) is 0 Å². The average molecular weight is 468 g/mol. The van der Waals surface area contributed by atoms with E-state index in [2.05, 4.69) is 13.8 Å². The zero-order valence-electron chi connectivity index (χ0n) is 16.7. The molecule has 0 fully saturated rings. The third-order valence-electron chi connectivity index (χ3n) is 3.54. The second-order valence-electron chi connectivity index (χ2n) is 6.04. The second-order valence-corrected chi connectivity index (χ2v) is 9.05. The Kier molecular flexibility index (Phi) is 28.2. The molecule has 0 bridgehead atoms. The summed E-state index contributed by atoms with van der Waals surface area (Å²) >= 11 is -3.58. The van der Waals surface area contributed by atoms with E-state index in [1.165, 1.54) is 51.4 Å². The van der Waals surface area contributed by atoms with Crippen LogP contribution < -0.4 is 0 Å². The second kappa shape index (κ2) is 25.1. The Labute approximate surface area is 173 Å². The number of unbranched alkanes of at least 4 members (excludes halogenated alkanes) is 10. The molecule has 0 aliphatic rings. The Morgan fingerprint density at radius 1 is 0.667 bits per heavy atom. The average Bonchev–Trinajstić information content (AvgIpc) is 2.59. The molecule has 0 saturated carbocycles. The van der Waals surface area contributed by atoms with Gasteiger partial charge in [0.25, 0.3) is 0 Å². The summed E-state index contributed by atoms with van der Waals surface area (Å²) < 4.78 is 38.5. The molecule has 0 rings (SSSR count). The molecule has 0 spiro atoms. The molecule has 11 heteroatoms. The van der Waals surface area contributed by atoms with Crippen molar-refractivity contribution in [1.29, 1.82) is 0 Å². The Hall–Kier alpha value is 1.09. The van der Waals surface area contributed by atoms with E-state index >= 15 is 0 Å². The first-order chi connectivity index (χ1) is 12.9. The Bertz CT molecular complexity index is 290. The van der Waals surface area contributed by atoms with E-state index in [1.54, 1.807) is 0 Å². The third kappa shape index (κ3) is 32.0. The van der Waals surface area contributed by atoms with Crippen LogP contribution in [0.2, 0.25) is 0 Å². The summed E-state index contributed by atoms with van der Waals surface area (Å²) in [5, 5.41) is 0. The number of hydrogen-bond acceptors (Lipinski definition) is 6. The van der Waals surface area contributed by atoms with Gasteiger partial charge in [0.05, 0.1) is 13.2 Å². The molecular formula is C16H38O8P2Ti. The van der Waals surface area contributed by atoms with Crippen molar-refractivity contribution in [1.82, 2.24) is 0 Å². The van der Waals surface area contributed by atoms with Gasteiger partial charge < -0.3 is 18.8 Å². The molecule has 164 valence electrons. The molecule has 4 N–H and O–H groups in total. The Morgan fingerprint density at radius 3 is 1.30 bits per heavy atom. The van der Waals surface area contributed by atoms with Crippen molar-refractivity contribution >= 4 is 17.2 Å². The van der Waals surface area contributed by atoms with E-state index in [0.29, 0.717) is 13.2 Å². The summed E-state index contributed by atoms with van der Waals surface area (Å²) in [7, 11) is -4.05. The van der Waals surface area contributed by atoms with Gasteiger partial charge in [-0.15, -0.1) is 0 Å². The van der Waals surface area contributed by atoms with E-state index in [4.69, 9.17) is 24.1 Å². The van der Waals surface area contributed by atoms with Crippen molar-refractivity contribution in [2.45, 2.75) is 90.9 Å². The minimum absolute atomic E-state index is 0.467. The summed E-state index contributed by atoms with van der Waals surface area (Å²) in [6.45, 7) is 5.33. The number of hydrogen-bond donors (Lipinski definition) is 4. The van der Waals surface area contributed by atoms with Crippen molar-refractivity contribution < 1.29 is 52.5 Å². The summed E-state index contributed by atoms with van der Waals surface area (Å²) in [5.74, 6) is 0. The van der Waals surface area contributed by atoms with Gasteiger partial charge in [-0.05, 0) is 12.8 Å². The Morgan fingerprint density at radius 2 is 0.963 bits per heavy atom. The molecule has 0 heterocycles. The zero-order chi connectivity index (χ0) is 20.8. The summed E-state index contributed by atoms with van der Waals surface area (Å²) in [5.41, 5.74) is 0. The van der Waals surface area contributed by atoms with Crippen molar-refractivity contribution in [3.8, 4) is 0 Å². The van der Waals surface area contributed by atoms with Crippen LogP contribution in [0.1, 0.15) is 90.9 Å². The van der Waals surface area contributed by atoms with Gasteiger partial charge in [-0.2, -0.15) is 0 Å². The van der Waals surface area contributed by atoms with Gasteiger partial charge in [-0.3, -0.25) is 0 Å². The topological polar surface area (TPSA) is 126 Å². The fraction of sp³-hybridized carbons (Fsp3) is 1.00. The van der Waals surface area contributed by atoms with E-state index in [1.807, 2.05) is 0 Å². The SMILES string of the molecule is CCCCCCCCOP(O)OP(O)OCCCCCCCC.[O]=[Ti]([OH])[OH]. The van der Waals surface area contributed by atoms with Gasteiger partial charge in [-0.1, -0.05) is 78.1 Å². The molecule has 0 aliphatic carbocycles. The van der Waals surface area contributed by atoms with Crippen molar-refractivity contribution in [2.24, 2.45) is 0 Å². The first-order valence-electron chi connectivity index (χ1n) is 9.77. The van der Waals surface area contributed by atoms with Crippen LogP contribution in [0.15, 0.2) is 0 Å². The molecule has 0 aliphatic heterocycles.